The Hall–Kier alpha value is -2.63. The monoisotopic (exact) mass is 409 g/mol. The number of aromatic nitrogens is 1. The van der Waals surface area contributed by atoms with Gasteiger partial charge in [0.2, 0.25) is 5.76 Å². The number of carbonyl (C=O) groups is 1. The summed E-state index contributed by atoms with van der Waals surface area (Å²) in [4.78, 5) is 14.9. The van der Waals surface area contributed by atoms with Crippen molar-refractivity contribution in [2.75, 3.05) is 26.2 Å². The second-order valence-electron chi connectivity index (χ2n) is 7.49. The van der Waals surface area contributed by atoms with Crippen LogP contribution in [0.1, 0.15) is 22.5 Å². The number of amides is 1. The summed E-state index contributed by atoms with van der Waals surface area (Å²) >= 11 is 6.01. The Bertz CT molecular complexity index is 958. The number of nitrogens with one attached hydrogen (secondary N) is 1. The lowest BCUT2D eigenvalue weighted by Gasteiger charge is -2.16. The van der Waals surface area contributed by atoms with E-state index in [-0.39, 0.29) is 11.7 Å². The fraction of sp³-hybridized carbons (Fsp3) is 0.304. The first-order valence-electron chi connectivity index (χ1n) is 9.94. The van der Waals surface area contributed by atoms with Crippen molar-refractivity contribution in [3.8, 4) is 11.3 Å². The van der Waals surface area contributed by atoms with E-state index in [1.165, 1.54) is 5.56 Å². The average Bonchev–Trinajstić information content (AvgIpc) is 3.41. The molecule has 0 bridgehead atoms. The summed E-state index contributed by atoms with van der Waals surface area (Å²) in [5.41, 5.74) is 2.79. The van der Waals surface area contributed by atoms with Gasteiger partial charge in [0.05, 0.1) is 0 Å². The molecule has 1 saturated heterocycles. The molecule has 5 nitrogen and oxygen atoms in total. The zero-order chi connectivity index (χ0) is 20.1. The van der Waals surface area contributed by atoms with Crippen molar-refractivity contribution in [2.45, 2.75) is 12.8 Å². The second-order valence-corrected chi connectivity index (χ2v) is 7.92. The molecular formula is C23H24ClN3O2. The minimum Gasteiger partial charge on any atom is -0.350 e. The van der Waals surface area contributed by atoms with Gasteiger partial charge in [0.1, 0.15) is 5.69 Å². The minimum atomic E-state index is -0.228. The molecule has 0 spiro atoms. The fourth-order valence-electron chi connectivity index (χ4n) is 3.70. The summed E-state index contributed by atoms with van der Waals surface area (Å²) in [5.74, 6) is 0.456. The van der Waals surface area contributed by atoms with Crippen LogP contribution in [0.4, 0.5) is 0 Å². The predicted molar refractivity (Wildman–Crippen MR) is 114 cm³/mol. The van der Waals surface area contributed by atoms with E-state index >= 15 is 0 Å². The molecule has 1 atom stereocenters. The molecule has 1 N–H and O–H groups in total. The number of hydrogen-bond acceptors (Lipinski definition) is 4. The molecule has 1 unspecified atom stereocenters. The van der Waals surface area contributed by atoms with Gasteiger partial charge in [-0.1, -0.05) is 59.2 Å². The summed E-state index contributed by atoms with van der Waals surface area (Å²) in [6, 6.07) is 19.5. The molecular weight excluding hydrogens is 386 g/mol. The Morgan fingerprint density at radius 2 is 2.03 bits per heavy atom. The van der Waals surface area contributed by atoms with Crippen LogP contribution in [0, 0.1) is 5.92 Å². The molecule has 4 rings (SSSR count). The predicted octanol–water partition coefficient (Wildman–Crippen LogP) is 4.29. The third kappa shape index (κ3) is 5.25. The average molecular weight is 410 g/mol. The van der Waals surface area contributed by atoms with Gasteiger partial charge in [0.15, 0.2) is 0 Å². The molecule has 29 heavy (non-hydrogen) atoms. The van der Waals surface area contributed by atoms with E-state index in [9.17, 15) is 4.79 Å². The molecule has 0 radical (unpaired) electrons. The van der Waals surface area contributed by atoms with Crippen LogP contribution >= 0.6 is 11.6 Å². The van der Waals surface area contributed by atoms with E-state index in [4.69, 9.17) is 16.1 Å². The van der Waals surface area contributed by atoms with Crippen LogP contribution in [0.15, 0.2) is 65.2 Å². The first kappa shape index (κ1) is 19.7. The maximum absolute atomic E-state index is 12.4. The van der Waals surface area contributed by atoms with E-state index < -0.39 is 0 Å². The summed E-state index contributed by atoms with van der Waals surface area (Å²) in [7, 11) is 0. The normalized spacial score (nSPS) is 16.8. The largest absolute Gasteiger partial charge is 0.350 e. The lowest BCUT2D eigenvalue weighted by Crippen LogP contribution is -2.31. The highest BCUT2D eigenvalue weighted by molar-refractivity contribution is 6.30. The Labute approximate surface area is 175 Å². The molecule has 1 fully saturated rings. The van der Waals surface area contributed by atoms with E-state index in [0.29, 0.717) is 23.2 Å². The number of benzene rings is 2. The standard InChI is InChI=1S/C23H24ClN3O2/c24-20-8-4-7-19(13-20)21-14-22(29-26-21)23(28)25-15-18-10-12-27(16-18)11-9-17-5-2-1-3-6-17/h1-8,13-14,18H,9-12,15-16H2,(H,25,28). The van der Waals surface area contributed by atoms with E-state index in [0.717, 1.165) is 38.0 Å². The van der Waals surface area contributed by atoms with Crippen LogP contribution in [0.5, 0.6) is 0 Å². The molecule has 0 aliphatic carbocycles. The SMILES string of the molecule is O=C(NCC1CCN(CCc2ccccc2)C1)c1cc(-c2cccc(Cl)c2)no1. The highest BCUT2D eigenvalue weighted by Gasteiger charge is 2.23. The molecule has 1 aliphatic rings. The van der Waals surface area contributed by atoms with Gasteiger partial charge in [-0.2, -0.15) is 0 Å². The van der Waals surface area contributed by atoms with Crippen molar-refractivity contribution < 1.29 is 9.32 Å². The van der Waals surface area contributed by atoms with Gasteiger partial charge < -0.3 is 14.7 Å². The van der Waals surface area contributed by atoms with Gasteiger partial charge in [-0.3, -0.25) is 4.79 Å². The minimum absolute atomic E-state index is 0.221. The Kier molecular flexibility index (Phi) is 6.27. The number of carbonyl (C=O) groups excluding carboxylic acids is 1. The third-order valence-corrected chi connectivity index (χ3v) is 5.57. The van der Waals surface area contributed by atoms with Crippen LogP contribution < -0.4 is 5.32 Å². The van der Waals surface area contributed by atoms with Gasteiger partial charge in [0.25, 0.3) is 5.91 Å². The summed E-state index contributed by atoms with van der Waals surface area (Å²) in [5, 5.41) is 7.60. The maximum atomic E-state index is 12.4. The number of rotatable bonds is 7. The van der Waals surface area contributed by atoms with Gasteiger partial charge in [-0.05, 0) is 43.0 Å². The van der Waals surface area contributed by atoms with Crippen molar-refractivity contribution >= 4 is 17.5 Å². The topological polar surface area (TPSA) is 58.4 Å². The molecule has 2 aromatic carbocycles. The van der Waals surface area contributed by atoms with Crippen molar-refractivity contribution in [1.29, 1.82) is 0 Å². The summed E-state index contributed by atoms with van der Waals surface area (Å²) in [6.45, 7) is 3.79. The van der Waals surface area contributed by atoms with Crippen LogP contribution in [-0.2, 0) is 6.42 Å². The first-order chi connectivity index (χ1) is 14.2. The van der Waals surface area contributed by atoms with Crippen molar-refractivity contribution in [3.63, 3.8) is 0 Å². The Morgan fingerprint density at radius 3 is 2.86 bits per heavy atom. The van der Waals surface area contributed by atoms with Crippen molar-refractivity contribution in [3.05, 3.63) is 77.0 Å². The highest BCUT2D eigenvalue weighted by Crippen LogP contribution is 2.22. The van der Waals surface area contributed by atoms with Gasteiger partial charge in [0, 0.05) is 36.3 Å². The van der Waals surface area contributed by atoms with Crippen molar-refractivity contribution in [1.82, 2.24) is 15.4 Å². The molecule has 1 aliphatic heterocycles. The summed E-state index contributed by atoms with van der Waals surface area (Å²) in [6.07, 6.45) is 2.16. The lowest BCUT2D eigenvalue weighted by molar-refractivity contribution is 0.0910. The number of nitrogens with zero attached hydrogens (tertiary/aromatic N) is 2. The number of likely N-dealkylation sites (tertiary alicyclic amines) is 1. The van der Waals surface area contributed by atoms with Crippen LogP contribution in [0.25, 0.3) is 11.3 Å². The van der Waals surface area contributed by atoms with Gasteiger partial charge >= 0.3 is 0 Å². The molecule has 0 saturated carbocycles. The van der Waals surface area contributed by atoms with Crippen LogP contribution in [0.3, 0.4) is 0 Å². The molecule has 3 aromatic rings. The zero-order valence-corrected chi connectivity index (χ0v) is 16.9. The van der Waals surface area contributed by atoms with Gasteiger partial charge in [-0.15, -0.1) is 0 Å². The van der Waals surface area contributed by atoms with Gasteiger partial charge in [-0.25, -0.2) is 0 Å². The maximum Gasteiger partial charge on any atom is 0.289 e. The van der Waals surface area contributed by atoms with Crippen LogP contribution in [-0.4, -0.2) is 42.1 Å². The zero-order valence-electron chi connectivity index (χ0n) is 16.2. The summed E-state index contributed by atoms with van der Waals surface area (Å²) < 4.78 is 5.23. The molecule has 6 heteroatoms. The molecule has 1 amide bonds. The molecule has 1 aromatic heterocycles. The quantitative estimate of drug-likeness (QED) is 0.632. The highest BCUT2D eigenvalue weighted by atomic mass is 35.5. The number of hydrogen-bond donors (Lipinski definition) is 1. The van der Waals surface area contributed by atoms with Crippen LogP contribution in [0.2, 0.25) is 5.02 Å². The molecule has 150 valence electrons. The Morgan fingerprint density at radius 1 is 1.17 bits per heavy atom. The first-order valence-corrected chi connectivity index (χ1v) is 10.3. The van der Waals surface area contributed by atoms with E-state index in [1.807, 2.05) is 18.2 Å². The van der Waals surface area contributed by atoms with E-state index in [2.05, 4.69) is 39.6 Å². The Balaban J connectivity index is 1.24. The fourth-order valence-corrected chi connectivity index (χ4v) is 3.89. The lowest BCUT2D eigenvalue weighted by atomic mass is 10.1. The number of halogens is 1. The molecule has 2 heterocycles. The van der Waals surface area contributed by atoms with E-state index in [1.54, 1.807) is 18.2 Å². The smallest absolute Gasteiger partial charge is 0.289 e. The van der Waals surface area contributed by atoms with Crippen molar-refractivity contribution in [2.24, 2.45) is 5.92 Å². The second kappa shape index (κ2) is 9.25. The third-order valence-electron chi connectivity index (χ3n) is 5.34.